The number of rotatable bonds is 14. The van der Waals surface area contributed by atoms with Crippen molar-refractivity contribution in [2.45, 2.75) is 95.6 Å². The molecule has 1 aromatic heterocycles. The van der Waals surface area contributed by atoms with E-state index in [1.165, 1.54) is 28.4 Å². The number of hydrogen-bond donors (Lipinski definition) is 3. The van der Waals surface area contributed by atoms with Gasteiger partial charge >= 0.3 is 13.1 Å². The maximum Gasteiger partial charge on any atom is 0.499 e. The maximum atomic E-state index is 14.4. The van der Waals surface area contributed by atoms with E-state index in [2.05, 4.69) is 27.8 Å². The average molecular weight is 849 g/mol. The van der Waals surface area contributed by atoms with Gasteiger partial charge in [0.15, 0.2) is 5.78 Å². The Labute approximate surface area is 331 Å². The minimum atomic E-state index is -4.08. The number of allylic oxidation sites excluding steroid dienone is 1. The summed E-state index contributed by atoms with van der Waals surface area (Å²) in [6.45, 7) is 9.38. The second-order valence-corrected chi connectivity index (χ2v) is 19.8. The zero-order chi connectivity index (χ0) is 39.4. The van der Waals surface area contributed by atoms with Crippen LogP contribution in [-0.4, -0.2) is 90.3 Å². The van der Waals surface area contributed by atoms with Crippen LogP contribution >= 0.6 is 27.3 Å². The molecule has 3 N–H and O–H groups in total. The van der Waals surface area contributed by atoms with Crippen molar-refractivity contribution in [3.8, 4) is 0 Å². The van der Waals surface area contributed by atoms with Crippen molar-refractivity contribution in [3.05, 3.63) is 58.9 Å². The van der Waals surface area contributed by atoms with Crippen molar-refractivity contribution >= 4 is 72.8 Å². The van der Waals surface area contributed by atoms with Crippen LogP contribution in [0.1, 0.15) is 78.6 Å². The molecule has 4 atom stereocenters. The Balaban J connectivity index is 0.000000621. The van der Waals surface area contributed by atoms with Gasteiger partial charge in [-0.05, 0) is 91.8 Å². The summed E-state index contributed by atoms with van der Waals surface area (Å²) in [7, 11) is -5.38. The predicted molar refractivity (Wildman–Crippen MR) is 210 cm³/mol. The summed E-state index contributed by atoms with van der Waals surface area (Å²) in [6.07, 6.45) is 7.42. The van der Waals surface area contributed by atoms with Crippen molar-refractivity contribution in [1.29, 1.82) is 0 Å². The molecule has 294 valence electrons. The number of nitrogens with zero attached hydrogens (tertiary/aromatic N) is 2. The zero-order valence-corrected chi connectivity index (χ0v) is 34.3. The first-order valence-corrected chi connectivity index (χ1v) is 21.7. The Bertz CT molecular complexity index is 1780. The molecule has 54 heavy (non-hydrogen) atoms. The molecule has 4 aliphatic rings. The van der Waals surface area contributed by atoms with Crippen LogP contribution in [0.25, 0.3) is 0 Å². The van der Waals surface area contributed by atoms with Crippen LogP contribution in [0.5, 0.6) is 0 Å². The van der Waals surface area contributed by atoms with Crippen LogP contribution in [0.4, 0.5) is 0 Å². The molecule has 0 unspecified atom stereocenters. The minimum Gasteiger partial charge on any atom is -0.462 e. The fourth-order valence-electron chi connectivity index (χ4n) is 7.21. The molecule has 0 spiro atoms. The lowest BCUT2D eigenvalue weighted by Crippen LogP contribution is -2.49. The van der Waals surface area contributed by atoms with Gasteiger partial charge in [-0.1, -0.05) is 54.9 Å². The number of hydrogen-bond acceptors (Lipinski definition) is 10. The van der Waals surface area contributed by atoms with Gasteiger partial charge < -0.3 is 25.0 Å². The molecule has 12 nitrogen and oxygen atoms in total. The van der Waals surface area contributed by atoms with E-state index in [-0.39, 0.29) is 54.7 Å². The molecule has 1 saturated heterocycles. The lowest BCUT2D eigenvalue weighted by atomic mass is 9.77. The summed E-state index contributed by atoms with van der Waals surface area (Å²) in [5.41, 5.74) is -1.65. The number of ether oxygens (including phenoxy) is 1. The molecule has 3 aliphatic carbocycles. The number of Topliss-reactive ketones (excluding diaryl/α,β-unsaturated/α-hetero) is 1. The Morgan fingerprint density at radius 1 is 1.11 bits per heavy atom. The van der Waals surface area contributed by atoms with Gasteiger partial charge in [0, 0.05) is 28.8 Å². The number of carbonyl (C=O) groups is 4. The summed E-state index contributed by atoms with van der Waals surface area (Å²) in [4.78, 5) is 56.4. The highest BCUT2D eigenvalue weighted by Gasteiger charge is 2.60. The highest BCUT2D eigenvalue weighted by Crippen LogP contribution is 2.57. The topological polar surface area (TPSA) is 171 Å². The number of nitrogens with one attached hydrogen (secondary N) is 1. The van der Waals surface area contributed by atoms with Gasteiger partial charge in [0.05, 0.1) is 29.3 Å². The number of halogens is 1. The molecular weight excluding hydrogens is 797 g/mol. The van der Waals surface area contributed by atoms with E-state index in [1.807, 2.05) is 20.8 Å². The smallest absolute Gasteiger partial charge is 0.462 e. The highest BCUT2D eigenvalue weighted by atomic mass is 79.9. The third-order valence-corrected chi connectivity index (χ3v) is 14.1. The van der Waals surface area contributed by atoms with Crippen molar-refractivity contribution in [2.75, 3.05) is 19.8 Å². The number of thiophene rings is 1. The van der Waals surface area contributed by atoms with E-state index < -0.39 is 51.8 Å². The third kappa shape index (κ3) is 10.3. The summed E-state index contributed by atoms with van der Waals surface area (Å²) < 4.78 is 35.7. The number of ketones is 1. The summed E-state index contributed by atoms with van der Waals surface area (Å²) >= 11 is 4.66. The number of carbonyl (C=O) groups excluding carboxylic acids is 4. The second-order valence-electron chi connectivity index (χ2n) is 16.0. The van der Waals surface area contributed by atoms with E-state index >= 15 is 0 Å². The second kappa shape index (κ2) is 17.5. The number of amides is 2. The molecule has 0 bridgehead atoms. The minimum absolute atomic E-state index is 0.0357. The first-order valence-electron chi connectivity index (χ1n) is 18.5. The monoisotopic (exact) mass is 847 g/mol. The molecule has 2 amide bonds. The third-order valence-electron chi connectivity index (χ3n) is 10.9. The Morgan fingerprint density at radius 2 is 1.78 bits per heavy atom. The van der Waals surface area contributed by atoms with Gasteiger partial charge in [-0.25, -0.2) is 8.42 Å². The molecule has 16 heteroatoms. The maximum absolute atomic E-state index is 14.4. The van der Waals surface area contributed by atoms with Crippen LogP contribution in [-0.2, 0) is 33.9 Å². The molecule has 2 heterocycles. The number of sulfonamides is 1. The van der Waals surface area contributed by atoms with Crippen molar-refractivity contribution in [2.24, 2.45) is 28.6 Å². The van der Waals surface area contributed by atoms with Crippen LogP contribution in [0.3, 0.4) is 0 Å². The van der Waals surface area contributed by atoms with Gasteiger partial charge in [0.1, 0.15) is 12.1 Å². The Hall–Kier alpha value is -2.89. The lowest BCUT2D eigenvalue weighted by Gasteiger charge is -2.34. The van der Waals surface area contributed by atoms with Crippen LogP contribution in [0, 0.1) is 28.6 Å². The normalized spacial score (nSPS) is 23.6. The van der Waals surface area contributed by atoms with E-state index in [0.29, 0.717) is 28.1 Å². The summed E-state index contributed by atoms with van der Waals surface area (Å²) in [6, 6.07) is 8.51. The molecular formula is C38H51BBrN3O9S2. The van der Waals surface area contributed by atoms with Gasteiger partial charge in [0.25, 0.3) is 0 Å². The fourth-order valence-corrected chi connectivity index (χ4v) is 9.46. The Kier molecular flexibility index (Phi) is 13.7. The molecule has 0 radical (unpaired) electrons. The molecule has 1 aliphatic heterocycles. The van der Waals surface area contributed by atoms with Crippen molar-refractivity contribution in [3.63, 3.8) is 0 Å². The van der Waals surface area contributed by atoms with E-state index in [0.717, 1.165) is 42.8 Å². The van der Waals surface area contributed by atoms with Crippen LogP contribution in [0.2, 0.25) is 0 Å². The standard InChI is InChI=1S/C34H46BrN3O7S.C4H5BO2S/c1-5-23-17-34(23,32(42)36-19-22-10-11-22)18-29(39)28-20-37(46(43,44)26-14-12-24(35)13-15-26)21-38(28)31(41)27(33(2,3)4)16-30(40)45-25-8-6-7-9-25;6-5(7)4-2-1-3-8-4/h5,12-15,22-23,25,27-28H,1,6-11,16-21H2,2-4H3,(H,36,42);1-3,6-7H/t23-,27-,28+,34-;/m1./s1. The first-order chi connectivity index (χ1) is 25.5. The van der Waals surface area contributed by atoms with Gasteiger partial charge in [0.2, 0.25) is 21.8 Å². The quantitative estimate of drug-likeness (QED) is 0.143. The molecule has 6 rings (SSSR count). The highest BCUT2D eigenvalue weighted by molar-refractivity contribution is 9.10. The van der Waals surface area contributed by atoms with E-state index in [9.17, 15) is 27.6 Å². The van der Waals surface area contributed by atoms with Crippen LogP contribution in [0.15, 0.2) is 63.8 Å². The average Bonchev–Trinajstić information content (AvgIpc) is 3.77. The molecule has 4 fully saturated rings. The molecule has 2 aromatic rings. The van der Waals surface area contributed by atoms with Crippen LogP contribution < -0.4 is 10.1 Å². The molecule has 1 aromatic carbocycles. The lowest BCUT2D eigenvalue weighted by molar-refractivity contribution is -0.156. The summed E-state index contributed by atoms with van der Waals surface area (Å²) in [5, 5.41) is 21.8. The van der Waals surface area contributed by atoms with Gasteiger partial charge in [-0.2, -0.15) is 15.6 Å². The van der Waals surface area contributed by atoms with Gasteiger partial charge in [-0.3, -0.25) is 19.2 Å². The fraction of sp³-hybridized carbons (Fsp3) is 0.579. The largest absolute Gasteiger partial charge is 0.499 e. The zero-order valence-electron chi connectivity index (χ0n) is 31.1. The van der Waals surface area contributed by atoms with E-state index in [1.54, 1.807) is 35.7 Å². The summed E-state index contributed by atoms with van der Waals surface area (Å²) in [5.74, 6) is -2.11. The van der Waals surface area contributed by atoms with Gasteiger partial charge in [-0.15, -0.1) is 6.58 Å². The molecule has 3 saturated carbocycles. The van der Waals surface area contributed by atoms with E-state index in [4.69, 9.17) is 14.8 Å². The van der Waals surface area contributed by atoms with Crippen molar-refractivity contribution in [1.82, 2.24) is 14.5 Å². The van der Waals surface area contributed by atoms with Crippen molar-refractivity contribution < 1.29 is 42.4 Å². The number of benzene rings is 1. The predicted octanol–water partition coefficient (Wildman–Crippen LogP) is 4.25. The first kappa shape index (κ1) is 42.3. The SMILES string of the molecule is C=C[C@@H]1C[C@]1(CC(=O)[C@@H]1CN(S(=O)(=O)c2ccc(Br)cc2)CN1C(=O)[C@@H](CC(=O)OC1CCCC1)C(C)(C)C)C(=O)NCC1CC1.OB(O)c1cccs1. The Morgan fingerprint density at radius 3 is 2.30 bits per heavy atom. The number of esters is 1.